The van der Waals surface area contributed by atoms with Crippen molar-refractivity contribution in [2.75, 3.05) is 16.8 Å². The van der Waals surface area contributed by atoms with E-state index in [1.807, 2.05) is 36.1 Å². The van der Waals surface area contributed by atoms with Crippen LogP contribution >= 0.6 is 11.6 Å². The normalized spacial score (nSPS) is 10.8. The Morgan fingerprint density at radius 1 is 1.13 bits per heavy atom. The third kappa shape index (κ3) is 6.49. The van der Waals surface area contributed by atoms with Gasteiger partial charge in [0.15, 0.2) is 0 Å². The van der Waals surface area contributed by atoms with Crippen LogP contribution in [0.2, 0.25) is 5.15 Å². The van der Waals surface area contributed by atoms with Crippen LogP contribution in [0.3, 0.4) is 0 Å². The highest BCUT2D eigenvalue weighted by Crippen LogP contribution is 2.20. The third-order valence-electron chi connectivity index (χ3n) is 4.26. The van der Waals surface area contributed by atoms with Crippen molar-refractivity contribution < 1.29 is 4.79 Å². The molecule has 0 atom stereocenters. The van der Waals surface area contributed by atoms with Crippen LogP contribution in [-0.2, 0) is 17.8 Å². The van der Waals surface area contributed by atoms with E-state index in [0.29, 0.717) is 36.6 Å². The van der Waals surface area contributed by atoms with Crippen molar-refractivity contribution in [1.29, 1.82) is 0 Å². The molecule has 2 aromatic heterocycles. The highest BCUT2D eigenvalue weighted by atomic mass is 35.5. The van der Waals surface area contributed by atoms with Gasteiger partial charge in [0, 0.05) is 25.0 Å². The van der Waals surface area contributed by atoms with Gasteiger partial charge in [-0.05, 0) is 24.5 Å². The van der Waals surface area contributed by atoms with E-state index in [4.69, 9.17) is 11.6 Å². The molecule has 0 radical (unpaired) electrons. The van der Waals surface area contributed by atoms with Gasteiger partial charge in [-0.1, -0.05) is 55.3 Å². The first-order valence-corrected chi connectivity index (χ1v) is 10.2. The molecule has 0 aliphatic rings. The lowest BCUT2D eigenvalue weighted by molar-refractivity contribution is -0.115. The quantitative estimate of drug-likeness (QED) is 0.548. The van der Waals surface area contributed by atoms with Crippen LogP contribution in [0.1, 0.15) is 30.8 Å². The van der Waals surface area contributed by atoms with E-state index >= 15 is 0 Å². The summed E-state index contributed by atoms with van der Waals surface area (Å²) in [7, 11) is 0. The van der Waals surface area contributed by atoms with E-state index in [2.05, 4.69) is 39.1 Å². The molecule has 0 spiro atoms. The first-order valence-electron chi connectivity index (χ1n) is 9.80. The monoisotopic (exact) mass is 424 g/mol. The van der Waals surface area contributed by atoms with Crippen LogP contribution in [-0.4, -0.2) is 32.4 Å². The fourth-order valence-electron chi connectivity index (χ4n) is 2.93. The number of nitrogens with zero attached hydrogens (tertiary/aromatic N) is 5. The van der Waals surface area contributed by atoms with Crippen LogP contribution in [0.4, 0.5) is 11.8 Å². The van der Waals surface area contributed by atoms with Crippen LogP contribution in [0.15, 0.2) is 48.8 Å². The molecule has 0 saturated heterocycles. The average molecular weight is 425 g/mol. The summed E-state index contributed by atoms with van der Waals surface area (Å²) in [6, 6.07) is 11.2. The smallest absolute Gasteiger partial charge is 0.229 e. The Hall–Kier alpha value is -3.06. The fraction of sp³-hybridized carbons (Fsp3) is 0.318. The second-order valence-corrected chi connectivity index (χ2v) is 7.91. The molecule has 1 amide bonds. The van der Waals surface area contributed by atoms with Gasteiger partial charge in [0.25, 0.3) is 0 Å². The average Bonchev–Trinajstić information content (AvgIpc) is 2.69. The molecule has 156 valence electrons. The summed E-state index contributed by atoms with van der Waals surface area (Å²) in [5, 5.41) is 3.08. The Bertz CT molecular complexity index is 979. The first-order chi connectivity index (χ1) is 14.4. The number of hydrogen-bond donors (Lipinski definition) is 1. The third-order valence-corrected chi connectivity index (χ3v) is 4.45. The number of nitrogens with one attached hydrogen (secondary N) is 1. The van der Waals surface area contributed by atoms with E-state index in [0.717, 1.165) is 11.1 Å². The molecule has 1 N–H and O–H groups in total. The number of aryl methyl sites for hydroxylation is 1. The largest absolute Gasteiger partial charge is 0.333 e. The van der Waals surface area contributed by atoms with Crippen LogP contribution in [0, 0.1) is 12.8 Å². The van der Waals surface area contributed by atoms with Gasteiger partial charge < -0.3 is 10.2 Å². The van der Waals surface area contributed by atoms with Crippen molar-refractivity contribution in [3.8, 4) is 0 Å². The topological polar surface area (TPSA) is 83.9 Å². The molecule has 0 aliphatic carbocycles. The molecule has 3 aromatic rings. The van der Waals surface area contributed by atoms with E-state index in [1.165, 1.54) is 0 Å². The maximum absolute atomic E-state index is 12.5. The van der Waals surface area contributed by atoms with Crippen LogP contribution in [0.25, 0.3) is 0 Å². The maximum atomic E-state index is 12.5. The van der Waals surface area contributed by atoms with Gasteiger partial charge in [-0.15, -0.1) is 0 Å². The molecule has 0 aliphatic heterocycles. The van der Waals surface area contributed by atoms with E-state index in [9.17, 15) is 4.79 Å². The molecule has 30 heavy (non-hydrogen) atoms. The van der Waals surface area contributed by atoms with Crippen molar-refractivity contribution in [3.05, 3.63) is 70.9 Å². The van der Waals surface area contributed by atoms with Crippen molar-refractivity contribution in [3.63, 3.8) is 0 Å². The zero-order chi connectivity index (χ0) is 21.5. The van der Waals surface area contributed by atoms with Gasteiger partial charge in [0.2, 0.25) is 11.9 Å². The number of anilines is 2. The molecule has 8 heteroatoms. The summed E-state index contributed by atoms with van der Waals surface area (Å²) in [6.07, 6.45) is 3.65. The number of amides is 1. The van der Waals surface area contributed by atoms with Gasteiger partial charge in [-0.3, -0.25) is 4.79 Å². The maximum Gasteiger partial charge on any atom is 0.229 e. The number of carbonyl (C=O) groups is 1. The summed E-state index contributed by atoms with van der Waals surface area (Å²) >= 11 is 6.23. The van der Waals surface area contributed by atoms with E-state index < -0.39 is 0 Å². The Labute approximate surface area is 181 Å². The Balaban J connectivity index is 1.77. The van der Waals surface area contributed by atoms with Gasteiger partial charge >= 0.3 is 0 Å². The molecule has 7 nitrogen and oxygen atoms in total. The predicted molar refractivity (Wildman–Crippen MR) is 118 cm³/mol. The second kappa shape index (κ2) is 10.1. The van der Waals surface area contributed by atoms with Crippen molar-refractivity contribution in [2.45, 2.75) is 33.7 Å². The predicted octanol–water partition coefficient (Wildman–Crippen LogP) is 4.07. The summed E-state index contributed by atoms with van der Waals surface area (Å²) in [4.78, 5) is 31.9. The minimum Gasteiger partial charge on any atom is -0.333 e. The fourth-order valence-corrected chi connectivity index (χ4v) is 3.11. The number of rotatable bonds is 8. The van der Waals surface area contributed by atoms with Gasteiger partial charge in [-0.25, -0.2) is 15.0 Å². The second-order valence-electron chi connectivity index (χ2n) is 7.53. The van der Waals surface area contributed by atoms with Crippen molar-refractivity contribution in [2.24, 2.45) is 5.92 Å². The minimum absolute atomic E-state index is 0.165. The number of aromatic nitrogens is 4. The van der Waals surface area contributed by atoms with Crippen LogP contribution < -0.4 is 10.2 Å². The molecule has 2 heterocycles. The summed E-state index contributed by atoms with van der Waals surface area (Å²) in [5.74, 6) is 1.64. The Morgan fingerprint density at radius 2 is 1.83 bits per heavy atom. The molecule has 1 aromatic carbocycles. The van der Waals surface area contributed by atoms with Crippen LogP contribution in [0.5, 0.6) is 0 Å². The molecular formula is C22H25ClN6O. The summed E-state index contributed by atoms with van der Waals surface area (Å²) < 4.78 is 0. The van der Waals surface area contributed by atoms with Crippen molar-refractivity contribution >= 4 is 29.3 Å². The molecule has 3 rings (SSSR count). The minimum atomic E-state index is -0.165. The number of halogens is 1. The SMILES string of the molecule is Cc1ccc(CC(=O)Nc2cc(Cl)nc(N(Cc3ncccn3)CC(C)C)n2)cc1. The van der Waals surface area contributed by atoms with E-state index in [-0.39, 0.29) is 17.5 Å². The summed E-state index contributed by atoms with van der Waals surface area (Å²) in [5.41, 5.74) is 2.08. The molecule has 0 fully saturated rings. The lowest BCUT2D eigenvalue weighted by Crippen LogP contribution is -2.30. The lowest BCUT2D eigenvalue weighted by atomic mass is 10.1. The molecule has 0 bridgehead atoms. The van der Waals surface area contributed by atoms with E-state index in [1.54, 1.807) is 24.5 Å². The zero-order valence-corrected chi connectivity index (χ0v) is 18.1. The highest BCUT2D eigenvalue weighted by Gasteiger charge is 2.16. The zero-order valence-electron chi connectivity index (χ0n) is 17.3. The number of carbonyl (C=O) groups excluding carboxylic acids is 1. The molecule has 0 saturated carbocycles. The van der Waals surface area contributed by atoms with Gasteiger partial charge in [0.1, 0.15) is 16.8 Å². The highest BCUT2D eigenvalue weighted by molar-refractivity contribution is 6.29. The first kappa shape index (κ1) is 21.6. The lowest BCUT2D eigenvalue weighted by Gasteiger charge is -2.24. The number of benzene rings is 1. The van der Waals surface area contributed by atoms with Gasteiger partial charge in [-0.2, -0.15) is 4.98 Å². The number of hydrogen-bond acceptors (Lipinski definition) is 6. The Kier molecular flexibility index (Phi) is 7.30. The van der Waals surface area contributed by atoms with Gasteiger partial charge in [0.05, 0.1) is 13.0 Å². The standard InChI is InChI=1S/C22H25ClN6O/c1-15(2)13-29(14-20-24-9-4-10-25-20)22-26-18(23)12-19(28-22)27-21(30)11-17-7-5-16(3)6-8-17/h4-10,12,15H,11,13-14H2,1-3H3,(H,26,27,28,30). The van der Waals surface area contributed by atoms with Crippen molar-refractivity contribution in [1.82, 2.24) is 19.9 Å². The Morgan fingerprint density at radius 3 is 2.50 bits per heavy atom. The molecule has 0 unspecified atom stereocenters. The molecular weight excluding hydrogens is 400 g/mol. The summed E-state index contributed by atoms with van der Waals surface area (Å²) in [6.45, 7) is 7.35.